The number of rotatable bonds is 4. The predicted molar refractivity (Wildman–Crippen MR) is 83.9 cm³/mol. The van der Waals surface area contributed by atoms with Crippen molar-refractivity contribution < 1.29 is 9.84 Å². The van der Waals surface area contributed by atoms with Gasteiger partial charge in [0.15, 0.2) is 0 Å². The van der Waals surface area contributed by atoms with Crippen molar-refractivity contribution in [1.29, 1.82) is 0 Å². The van der Waals surface area contributed by atoms with E-state index in [1.54, 1.807) is 23.1 Å². The molecule has 0 saturated heterocycles. The van der Waals surface area contributed by atoms with E-state index in [9.17, 15) is 5.11 Å². The van der Waals surface area contributed by atoms with Crippen molar-refractivity contribution in [2.45, 2.75) is 44.4 Å². The van der Waals surface area contributed by atoms with E-state index >= 15 is 0 Å². The van der Waals surface area contributed by atoms with Gasteiger partial charge in [0.1, 0.15) is 30.1 Å². The van der Waals surface area contributed by atoms with Crippen LogP contribution in [0.1, 0.15) is 26.2 Å². The molecular formula is C16H20ClN3O2. The fourth-order valence-electron chi connectivity index (χ4n) is 3.10. The molecule has 1 N–H and O–H groups in total. The van der Waals surface area contributed by atoms with Gasteiger partial charge in [0.2, 0.25) is 0 Å². The molecule has 22 heavy (non-hydrogen) atoms. The first-order valence-corrected chi connectivity index (χ1v) is 7.93. The maximum Gasteiger partial charge on any atom is 0.137 e. The fraction of sp³-hybridized carbons (Fsp3) is 0.500. The maximum absolute atomic E-state index is 11.2. The van der Waals surface area contributed by atoms with Crippen LogP contribution in [0.15, 0.2) is 36.9 Å². The SMILES string of the molecule is C[C@@H]1CCC[C@H](Oc2ccc(Cl)cc2)[C@]1(O)Cn1cncn1. The van der Waals surface area contributed by atoms with Gasteiger partial charge in [0, 0.05) is 5.02 Å². The molecule has 1 heterocycles. The molecule has 0 spiro atoms. The summed E-state index contributed by atoms with van der Waals surface area (Å²) < 4.78 is 7.74. The lowest BCUT2D eigenvalue weighted by Gasteiger charge is -2.44. The lowest BCUT2D eigenvalue weighted by Crippen LogP contribution is -2.56. The summed E-state index contributed by atoms with van der Waals surface area (Å²) in [4.78, 5) is 3.95. The van der Waals surface area contributed by atoms with Crippen LogP contribution in [0, 0.1) is 5.92 Å². The molecule has 1 aliphatic rings. The Morgan fingerprint density at radius 3 is 2.82 bits per heavy atom. The first-order chi connectivity index (χ1) is 10.6. The Morgan fingerprint density at radius 1 is 1.36 bits per heavy atom. The minimum absolute atomic E-state index is 0.128. The second-order valence-electron chi connectivity index (χ2n) is 5.98. The van der Waals surface area contributed by atoms with Crippen molar-refractivity contribution in [3.05, 3.63) is 41.9 Å². The van der Waals surface area contributed by atoms with Gasteiger partial charge in [-0.1, -0.05) is 18.5 Å². The second kappa shape index (κ2) is 6.26. The number of ether oxygens (including phenoxy) is 1. The number of hydrogen-bond acceptors (Lipinski definition) is 4. The van der Waals surface area contributed by atoms with E-state index in [2.05, 4.69) is 17.0 Å². The molecule has 3 rings (SSSR count). The molecule has 1 aromatic heterocycles. The van der Waals surface area contributed by atoms with Crippen LogP contribution in [-0.4, -0.2) is 31.6 Å². The van der Waals surface area contributed by atoms with Crippen LogP contribution in [0.5, 0.6) is 5.75 Å². The van der Waals surface area contributed by atoms with Gasteiger partial charge in [0.05, 0.1) is 6.54 Å². The van der Waals surface area contributed by atoms with E-state index in [1.807, 2.05) is 12.1 Å². The number of halogens is 1. The summed E-state index contributed by atoms with van der Waals surface area (Å²) in [6.07, 6.45) is 5.66. The summed E-state index contributed by atoms with van der Waals surface area (Å²) in [5.74, 6) is 0.850. The Kier molecular flexibility index (Phi) is 4.36. The fourth-order valence-corrected chi connectivity index (χ4v) is 3.22. The standard InChI is InChI=1S/C16H20ClN3O2/c1-12-3-2-4-15(22-14-7-5-13(17)6-8-14)16(12,21)9-20-11-18-10-19-20/h5-8,10-12,15,21H,2-4,9H2,1H3/t12-,15+,16+/m1/s1. The van der Waals surface area contributed by atoms with Gasteiger partial charge in [-0.05, 0) is 49.4 Å². The van der Waals surface area contributed by atoms with E-state index in [0.29, 0.717) is 11.6 Å². The lowest BCUT2D eigenvalue weighted by atomic mass is 9.74. The van der Waals surface area contributed by atoms with Gasteiger partial charge < -0.3 is 9.84 Å². The van der Waals surface area contributed by atoms with Gasteiger partial charge in [-0.25, -0.2) is 9.67 Å². The molecule has 3 atom stereocenters. The Labute approximate surface area is 134 Å². The zero-order chi connectivity index (χ0) is 15.6. The highest BCUT2D eigenvalue weighted by Crippen LogP contribution is 2.37. The van der Waals surface area contributed by atoms with E-state index < -0.39 is 5.60 Å². The summed E-state index contributed by atoms with van der Waals surface area (Å²) in [7, 11) is 0. The Bertz CT molecular complexity index is 602. The van der Waals surface area contributed by atoms with Crippen molar-refractivity contribution >= 4 is 11.6 Å². The van der Waals surface area contributed by atoms with Gasteiger partial charge in [-0.2, -0.15) is 5.10 Å². The average molecular weight is 322 g/mol. The lowest BCUT2D eigenvalue weighted by molar-refractivity contribution is -0.132. The van der Waals surface area contributed by atoms with E-state index in [4.69, 9.17) is 16.3 Å². The second-order valence-corrected chi connectivity index (χ2v) is 6.41. The molecule has 1 aromatic carbocycles. The van der Waals surface area contributed by atoms with Crippen LogP contribution in [0.3, 0.4) is 0 Å². The minimum Gasteiger partial charge on any atom is -0.487 e. The molecular weight excluding hydrogens is 302 g/mol. The third kappa shape index (κ3) is 3.10. The first-order valence-electron chi connectivity index (χ1n) is 7.55. The molecule has 118 valence electrons. The van der Waals surface area contributed by atoms with Crippen molar-refractivity contribution in [2.75, 3.05) is 0 Å². The molecule has 0 bridgehead atoms. The predicted octanol–water partition coefficient (Wildman–Crippen LogP) is 2.93. The smallest absolute Gasteiger partial charge is 0.137 e. The van der Waals surface area contributed by atoms with Gasteiger partial charge >= 0.3 is 0 Å². The molecule has 1 saturated carbocycles. The Hall–Kier alpha value is -1.59. The number of aromatic nitrogens is 3. The summed E-state index contributed by atoms with van der Waals surface area (Å²) in [6.45, 7) is 2.45. The normalized spacial score (nSPS) is 28.5. The molecule has 0 aliphatic heterocycles. The zero-order valence-corrected chi connectivity index (χ0v) is 13.3. The van der Waals surface area contributed by atoms with Crippen molar-refractivity contribution in [1.82, 2.24) is 14.8 Å². The third-order valence-electron chi connectivity index (χ3n) is 4.49. The number of nitrogens with zero attached hydrogens (tertiary/aromatic N) is 3. The summed E-state index contributed by atoms with van der Waals surface area (Å²) in [6, 6.07) is 7.24. The van der Waals surface area contributed by atoms with E-state index in [-0.39, 0.29) is 12.0 Å². The molecule has 1 fully saturated rings. The van der Waals surface area contributed by atoms with Crippen LogP contribution < -0.4 is 4.74 Å². The maximum atomic E-state index is 11.2. The van der Waals surface area contributed by atoms with Crippen LogP contribution in [-0.2, 0) is 6.54 Å². The number of benzene rings is 1. The van der Waals surface area contributed by atoms with Gasteiger partial charge in [-0.15, -0.1) is 0 Å². The van der Waals surface area contributed by atoms with Gasteiger partial charge in [-0.3, -0.25) is 0 Å². The highest BCUT2D eigenvalue weighted by Gasteiger charge is 2.46. The molecule has 5 nitrogen and oxygen atoms in total. The van der Waals surface area contributed by atoms with Crippen LogP contribution in [0.25, 0.3) is 0 Å². The Morgan fingerprint density at radius 2 is 2.14 bits per heavy atom. The van der Waals surface area contributed by atoms with Crippen molar-refractivity contribution in [2.24, 2.45) is 5.92 Å². The zero-order valence-electron chi connectivity index (χ0n) is 12.5. The molecule has 0 radical (unpaired) electrons. The molecule has 2 aromatic rings. The quantitative estimate of drug-likeness (QED) is 0.940. The highest BCUT2D eigenvalue weighted by atomic mass is 35.5. The van der Waals surface area contributed by atoms with Gasteiger partial charge in [0.25, 0.3) is 0 Å². The summed E-state index contributed by atoms with van der Waals surface area (Å²) >= 11 is 5.90. The van der Waals surface area contributed by atoms with E-state index in [1.165, 1.54) is 6.33 Å². The van der Waals surface area contributed by atoms with Crippen LogP contribution >= 0.6 is 11.6 Å². The van der Waals surface area contributed by atoms with Crippen molar-refractivity contribution in [3.8, 4) is 5.75 Å². The number of hydrogen-bond donors (Lipinski definition) is 1. The average Bonchev–Trinajstić information content (AvgIpc) is 2.99. The summed E-state index contributed by atoms with van der Waals surface area (Å²) in [5.41, 5.74) is -0.967. The first kappa shape index (κ1) is 15.3. The minimum atomic E-state index is -0.967. The number of aliphatic hydroxyl groups is 1. The summed E-state index contributed by atoms with van der Waals surface area (Å²) in [5, 5.41) is 16.0. The molecule has 6 heteroatoms. The largest absolute Gasteiger partial charge is 0.487 e. The third-order valence-corrected chi connectivity index (χ3v) is 4.74. The van der Waals surface area contributed by atoms with Crippen LogP contribution in [0.2, 0.25) is 5.02 Å². The molecule has 0 amide bonds. The Balaban J connectivity index is 1.81. The molecule has 0 unspecified atom stereocenters. The topological polar surface area (TPSA) is 60.2 Å². The monoisotopic (exact) mass is 321 g/mol. The molecule has 1 aliphatic carbocycles. The van der Waals surface area contributed by atoms with E-state index in [0.717, 1.165) is 25.0 Å². The van der Waals surface area contributed by atoms with Crippen molar-refractivity contribution in [3.63, 3.8) is 0 Å². The van der Waals surface area contributed by atoms with Crippen LogP contribution in [0.4, 0.5) is 0 Å². The highest BCUT2D eigenvalue weighted by molar-refractivity contribution is 6.30.